The Bertz CT molecular complexity index is 1610. The Balaban J connectivity index is 1.52. The van der Waals surface area contributed by atoms with Gasteiger partial charge in [-0.05, 0) is 49.7 Å². The molecule has 2 heterocycles. The number of carbonyl (C=O) groups is 1. The Morgan fingerprint density at radius 3 is 2.64 bits per heavy atom. The minimum absolute atomic E-state index is 0.0241. The van der Waals surface area contributed by atoms with Gasteiger partial charge in [-0.2, -0.15) is 5.26 Å². The van der Waals surface area contributed by atoms with Crippen molar-refractivity contribution in [3.63, 3.8) is 0 Å². The molecule has 1 aliphatic rings. The number of hydrogen-bond acceptors (Lipinski definition) is 7. The monoisotopic (exact) mass is 544 g/mol. The maximum Gasteiger partial charge on any atom is 0.379 e. The molecule has 1 unspecified atom stereocenters. The van der Waals surface area contributed by atoms with Crippen LogP contribution in [-0.4, -0.2) is 13.1 Å². The van der Waals surface area contributed by atoms with Gasteiger partial charge in [-0.3, -0.25) is 0 Å². The van der Waals surface area contributed by atoms with Crippen molar-refractivity contribution in [3.8, 4) is 23.3 Å². The second-order valence-electron chi connectivity index (χ2n) is 8.46. The number of furan rings is 1. The first-order valence-corrected chi connectivity index (χ1v) is 11.9. The molecule has 36 heavy (non-hydrogen) atoms. The summed E-state index contributed by atoms with van der Waals surface area (Å²) in [4.78, 5) is 13.0. The molecule has 0 saturated heterocycles. The molecule has 1 atom stereocenters. The van der Waals surface area contributed by atoms with Crippen molar-refractivity contribution in [1.82, 2.24) is 0 Å². The Hall–Kier alpha value is -4.22. The fraction of sp³-hybridized carbons (Fsp3) is 0.143. The molecule has 7 nitrogen and oxygen atoms in total. The van der Waals surface area contributed by atoms with E-state index in [0.717, 1.165) is 21.0 Å². The van der Waals surface area contributed by atoms with Gasteiger partial charge < -0.3 is 24.4 Å². The number of rotatable bonds is 4. The highest BCUT2D eigenvalue weighted by Crippen LogP contribution is 2.46. The third-order valence-electron chi connectivity index (χ3n) is 6.18. The highest BCUT2D eigenvalue weighted by molar-refractivity contribution is 9.10. The Labute approximate surface area is 215 Å². The normalized spacial score (nSPS) is 14.7. The molecular weight excluding hydrogens is 524 g/mol. The maximum atomic E-state index is 13.0. The van der Waals surface area contributed by atoms with Gasteiger partial charge in [0.1, 0.15) is 34.5 Å². The number of benzene rings is 3. The van der Waals surface area contributed by atoms with E-state index in [2.05, 4.69) is 22.0 Å². The van der Waals surface area contributed by atoms with Gasteiger partial charge in [-0.1, -0.05) is 34.1 Å². The molecule has 180 valence electrons. The molecule has 8 heteroatoms. The lowest BCUT2D eigenvalue weighted by molar-refractivity contribution is 0.0702. The van der Waals surface area contributed by atoms with Gasteiger partial charge in [-0.15, -0.1) is 0 Å². The summed E-state index contributed by atoms with van der Waals surface area (Å²) >= 11 is 3.49. The van der Waals surface area contributed by atoms with Gasteiger partial charge in [0.15, 0.2) is 0 Å². The number of halogens is 1. The highest BCUT2D eigenvalue weighted by atomic mass is 79.9. The molecule has 1 aromatic heterocycles. The maximum absolute atomic E-state index is 13.0. The van der Waals surface area contributed by atoms with E-state index in [1.165, 1.54) is 0 Å². The number of nitrogens with two attached hydrogens (primary N) is 1. The van der Waals surface area contributed by atoms with Gasteiger partial charge in [0.2, 0.25) is 11.6 Å². The summed E-state index contributed by atoms with van der Waals surface area (Å²) in [5.74, 6) is 0.188. The van der Waals surface area contributed by atoms with Crippen LogP contribution in [0.25, 0.3) is 11.0 Å². The highest BCUT2D eigenvalue weighted by Gasteiger charge is 2.33. The van der Waals surface area contributed by atoms with Crippen molar-refractivity contribution >= 4 is 32.9 Å². The van der Waals surface area contributed by atoms with E-state index < -0.39 is 11.9 Å². The van der Waals surface area contributed by atoms with E-state index >= 15 is 0 Å². The summed E-state index contributed by atoms with van der Waals surface area (Å²) in [5, 5.41) is 10.7. The molecule has 0 aliphatic carbocycles. The van der Waals surface area contributed by atoms with Crippen molar-refractivity contribution in [2.45, 2.75) is 19.8 Å². The molecule has 0 saturated carbocycles. The molecule has 0 radical (unpaired) electrons. The van der Waals surface area contributed by atoms with Gasteiger partial charge in [0.25, 0.3) is 0 Å². The molecular formula is C28H21BrN2O5. The lowest BCUT2D eigenvalue weighted by Crippen LogP contribution is -2.21. The average Bonchev–Trinajstić information content (AvgIpc) is 3.18. The lowest BCUT2D eigenvalue weighted by atomic mass is 9.83. The third kappa shape index (κ3) is 3.97. The largest absolute Gasteiger partial charge is 0.496 e. The first-order valence-electron chi connectivity index (χ1n) is 11.1. The third-order valence-corrected chi connectivity index (χ3v) is 6.68. The zero-order valence-electron chi connectivity index (χ0n) is 19.7. The van der Waals surface area contributed by atoms with Crippen molar-refractivity contribution in [3.05, 3.63) is 98.5 Å². The second-order valence-corrected chi connectivity index (χ2v) is 9.37. The van der Waals surface area contributed by atoms with Gasteiger partial charge >= 0.3 is 5.97 Å². The topological polar surface area (TPSA) is 108 Å². The SMILES string of the molecule is COc1ccc(Br)cc1C1C(C#N)=C(N)Oc2cc(OC(=O)c3oc4cc(C)ccc4c3C)ccc21. The zero-order chi connectivity index (χ0) is 25.6. The second kappa shape index (κ2) is 9.10. The van der Waals surface area contributed by atoms with Crippen LogP contribution in [0.4, 0.5) is 0 Å². The molecule has 0 fully saturated rings. The summed E-state index contributed by atoms with van der Waals surface area (Å²) in [7, 11) is 1.57. The fourth-order valence-electron chi connectivity index (χ4n) is 4.43. The minimum atomic E-state index is -0.622. The Kier molecular flexibility index (Phi) is 5.94. The number of aryl methyl sites for hydroxylation is 2. The van der Waals surface area contributed by atoms with E-state index in [1.807, 2.05) is 50.2 Å². The number of esters is 1. The van der Waals surface area contributed by atoms with Gasteiger partial charge in [-0.25, -0.2) is 4.79 Å². The number of fused-ring (bicyclic) bond motifs is 2. The Morgan fingerprint density at radius 1 is 1.08 bits per heavy atom. The molecule has 5 rings (SSSR count). The standard InChI is InChI=1S/C28H21BrN2O5/c1-14-4-7-18-15(2)26(35-23(18)10-14)28(32)34-17-6-8-19-24(12-17)36-27(31)21(13-30)25(19)20-11-16(29)5-9-22(20)33-3/h4-12,25H,31H2,1-3H3. The summed E-state index contributed by atoms with van der Waals surface area (Å²) in [5.41, 5.74) is 10.2. The fourth-order valence-corrected chi connectivity index (χ4v) is 4.81. The van der Waals surface area contributed by atoms with E-state index in [0.29, 0.717) is 28.2 Å². The number of hydrogen-bond donors (Lipinski definition) is 1. The van der Waals surface area contributed by atoms with Crippen LogP contribution in [0.3, 0.4) is 0 Å². The van der Waals surface area contributed by atoms with Crippen molar-refractivity contribution in [1.29, 1.82) is 5.26 Å². The molecule has 0 amide bonds. The molecule has 0 bridgehead atoms. The number of nitrogens with zero attached hydrogens (tertiary/aromatic N) is 1. The molecule has 4 aromatic rings. The van der Waals surface area contributed by atoms with Crippen molar-refractivity contribution in [2.24, 2.45) is 5.73 Å². The predicted molar refractivity (Wildman–Crippen MR) is 137 cm³/mol. The lowest BCUT2D eigenvalue weighted by Gasteiger charge is -2.27. The molecule has 3 aromatic carbocycles. The summed E-state index contributed by atoms with van der Waals surface area (Å²) in [6.07, 6.45) is 0. The van der Waals surface area contributed by atoms with E-state index in [-0.39, 0.29) is 23.0 Å². The molecule has 2 N–H and O–H groups in total. The van der Waals surface area contributed by atoms with E-state index in [9.17, 15) is 10.1 Å². The quantitative estimate of drug-likeness (QED) is 0.238. The van der Waals surface area contributed by atoms with Crippen LogP contribution in [0.15, 0.2) is 74.9 Å². The van der Waals surface area contributed by atoms with Crippen LogP contribution >= 0.6 is 15.9 Å². The van der Waals surface area contributed by atoms with Crippen LogP contribution in [0.5, 0.6) is 17.2 Å². The van der Waals surface area contributed by atoms with E-state index in [4.69, 9.17) is 24.4 Å². The minimum Gasteiger partial charge on any atom is -0.496 e. The van der Waals surface area contributed by atoms with Crippen molar-refractivity contribution in [2.75, 3.05) is 7.11 Å². The van der Waals surface area contributed by atoms with Gasteiger partial charge in [0, 0.05) is 32.6 Å². The van der Waals surface area contributed by atoms with Gasteiger partial charge in [0.05, 0.1) is 13.0 Å². The van der Waals surface area contributed by atoms with Crippen LogP contribution < -0.4 is 19.9 Å². The number of nitriles is 1. The summed E-state index contributed by atoms with van der Waals surface area (Å²) in [6.45, 7) is 3.77. The average molecular weight is 545 g/mol. The van der Waals surface area contributed by atoms with Crippen LogP contribution in [0.1, 0.15) is 38.7 Å². The molecule has 1 aliphatic heterocycles. The summed E-state index contributed by atoms with van der Waals surface area (Å²) in [6, 6.07) is 18.5. The predicted octanol–water partition coefficient (Wildman–Crippen LogP) is 6.26. The number of methoxy groups -OCH3 is 1. The number of allylic oxidation sites excluding steroid dienone is 1. The first-order chi connectivity index (χ1) is 17.3. The smallest absolute Gasteiger partial charge is 0.379 e. The number of carbonyl (C=O) groups excluding carboxylic acids is 1. The van der Waals surface area contributed by atoms with Crippen molar-refractivity contribution < 1.29 is 23.4 Å². The Morgan fingerprint density at radius 2 is 1.89 bits per heavy atom. The van der Waals surface area contributed by atoms with E-state index in [1.54, 1.807) is 25.3 Å². The number of ether oxygens (including phenoxy) is 3. The first kappa shape index (κ1) is 23.5. The van der Waals surface area contributed by atoms with Crippen LogP contribution in [0, 0.1) is 25.2 Å². The van der Waals surface area contributed by atoms with Crippen LogP contribution in [-0.2, 0) is 0 Å². The molecule has 0 spiro atoms. The zero-order valence-corrected chi connectivity index (χ0v) is 21.3. The summed E-state index contributed by atoms with van der Waals surface area (Å²) < 4.78 is 23.6. The van der Waals surface area contributed by atoms with Crippen LogP contribution in [0.2, 0.25) is 0 Å².